The number of Topliss-reactive ketones (excluding diaryl/α,β-unsaturated/α-hetero) is 1. The van der Waals surface area contributed by atoms with Crippen molar-refractivity contribution >= 4 is 33.3 Å². The van der Waals surface area contributed by atoms with E-state index in [0.29, 0.717) is 21.5 Å². The van der Waals surface area contributed by atoms with Gasteiger partial charge in [0.2, 0.25) is 0 Å². The molecule has 0 unspecified atom stereocenters. The molecule has 0 atom stereocenters. The summed E-state index contributed by atoms with van der Waals surface area (Å²) in [5.41, 5.74) is 0.996. The standard InChI is InChI=1S/C10H7BrClNO/c11-9-2-1-7(6-13)5-8(9)10(14)3-4-12/h1-2,5H,3-4H2. The van der Waals surface area contributed by atoms with Gasteiger partial charge < -0.3 is 0 Å². The van der Waals surface area contributed by atoms with Crippen LogP contribution in [0.15, 0.2) is 22.7 Å². The molecule has 0 amide bonds. The Morgan fingerprint density at radius 3 is 2.86 bits per heavy atom. The molecule has 0 aliphatic rings. The van der Waals surface area contributed by atoms with Gasteiger partial charge in [0.15, 0.2) is 5.78 Å². The second-order valence-corrected chi connectivity index (χ2v) is 3.90. The Kier molecular flexibility index (Phi) is 4.12. The average Bonchev–Trinajstić information content (AvgIpc) is 2.19. The van der Waals surface area contributed by atoms with E-state index in [1.165, 1.54) is 0 Å². The van der Waals surface area contributed by atoms with Crippen LogP contribution in [0.3, 0.4) is 0 Å². The molecular weight excluding hydrogens is 265 g/mol. The lowest BCUT2D eigenvalue weighted by atomic mass is 10.1. The minimum Gasteiger partial charge on any atom is -0.294 e. The van der Waals surface area contributed by atoms with Gasteiger partial charge in [-0.3, -0.25) is 4.79 Å². The number of ketones is 1. The van der Waals surface area contributed by atoms with E-state index >= 15 is 0 Å². The van der Waals surface area contributed by atoms with Crippen LogP contribution in [-0.4, -0.2) is 11.7 Å². The monoisotopic (exact) mass is 271 g/mol. The van der Waals surface area contributed by atoms with E-state index in [-0.39, 0.29) is 12.2 Å². The van der Waals surface area contributed by atoms with Crippen LogP contribution in [0.5, 0.6) is 0 Å². The smallest absolute Gasteiger partial charge is 0.165 e. The predicted octanol–water partition coefficient (Wildman–Crippen LogP) is 3.13. The first-order chi connectivity index (χ1) is 6.69. The zero-order valence-corrected chi connectivity index (χ0v) is 9.60. The van der Waals surface area contributed by atoms with Crippen LogP contribution in [0.2, 0.25) is 0 Å². The molecule has 1 rings (SSSR count). The summed E-state index contributed by atoms with van der Waals surface area (Å²) >= 11 is 8.73. The normalized spacial score (nSPS) is 9.50. The van der Waals surface area contributed by atoms with Gasteiger partial charge in [0.25, 0.3) is 0 Å². The SMILES string of the molecule is N#Cc1ccc(Br)c(C(=O)CCCl)c1. The zero-order valence-electron chi connectivity index (χ0n) is 7.26. The third-order valence-electron chi connectivity index (χ3n) is 1.72. The molecule has 0 aliphatic heterocycles. The summed E-state index contributed by atoms with van der Waals surface area (Å²) in [5.74, 6) is 0.242. The molecule has 0 aromatic heterocycles. The maximum atomic E-state index is 11.5. The molecule has 0 aliphatic carbocycles. The zero-order chi connectivity index (χ0) is 10.6. The van der Waals surface area contributed by atoms with Crippen molar-refractivity contribution < 1.29 is 4.79 Å². The number of hydrogen-bond donors (Lipinski definition) is 0. The molecule has 0 heterocycles. The van der Waals surface area contributed by atoms with Crippen molar-refractivity contribution in [2.45, 2.75) is 6.42 Å². The Labute approximate surface area is 95.6 Å². The van der Waals surface area contributed by atoms with Crippen molar-refractivity contribution in [1.29, 1.82) is 5.26 Å². The van der Waals surface area contributed by atoms with Gasteiger partial charge in [-0.2, -0.15) is 5.26 Å². The molecule has 72 valence electrons. The molecule has 0 fully saturated rings. The van der Waals surface area contributed by atoms with E-state index in [0.717, 1.165) is 0 Å². The highest BCUT2D eigenvalue weighted by molar-refractivity contribution is 9.10. The quantitative estimate of drug-likeness (QED) is 0.626. The molecule has 0 bridgehead atoms. The molecule has 0 spiro atoms. The number of halogens is 2. The van der Waals surface area contributed by atoms with E-state index in [2.05, 4.69) is 15.9 Å². The summed E-state index contributed by atoms with van der Waals surface area (Å²) < 4.78 is 0.701. The average molecular weight is 273 g/mol. The van der Waals surface area contributed by atoms with E-state index < -0.39 is 0 Å². The van der Waals surface area contributed by atoms with E-state index in [1.807, 2.05) is 6.07 Å². The molecule has 0 saturated heterocycles. The molecule has 1 aromatic rings. The number of carbonyl (C=O) groups is 1. The number of nitrogens with zero attached hydrogens (tertiary/aromatic N) is 1. The summed E-state index contributed by atoms with van der Waals surface area (Å²) in [6.45, 7) is 0. The molecule has 2 nitrogen and oxygen atoms in total. The van der Waals surface area contributed by atoms with E-state index in [4.69, 9.17) is 16.9 Å². The number of nitriles is 1. The van der Waals surface area contributed by atoms with Gasteiger partial charge in [0, 0.05) is 22.3 Å². The maximum Gasteiger partial charge on any atom is 0.165 e. The Morgan fingerprint density at radius 1 is 1.57 bits per heavy atom. The fraction of sp³-hybridized carbons (Fsp3) is 0.200. The topological polar surface area (TPSA) is 40.9 Å². The third-order valence-corrected chi connectivity index (χ3v) is 2.60. The van der Waals surface area contributed by atoms with Crippen LogP contribution in [0.4, 0.5) is 0 Å². The minimum absolute atomic E-state index is 0.0519. The maximum absolute atomic E-state index is 11.5. The van der Waals surface area contributed by atoms with Gasteiger partial charge in [0.1, 0.15) is 0 Å². The van der Waals surface area contributed by atoms with Gasteiger partial charge >= 0.3 is 0 Å². The Morgan fingerprint density at radius 2 is 2.29 bits per heavy atom. The van der Waals surface area contributed by atoms with Crippen molar-refractivity contribution in [3.05, 3.63) is 33.8 Å². The van der Waals surface area contributed by atoms with Crippen molar-refractivity contribution in [2.24, 2.45) is 0 Å². The molecule has 0 saturated carbocycles. The van der Waals surface area contributed by atoms with Gasteiger partial charge in [0.05, 0.1) is 11.6 Å². The predicted molar refractivity (Wildman–Crippen MR) is 58.5 cm³/mol. The van der Waals surface area contributed by atoms with Crippen LogP contribution in [0.1, 0.15) is 22.3 Å². The second kappa shape index (κ2) is 5.14. The first kappa shape index (κ1) is 11.2. The minimum atomic E-state index is -0.0519. The highest BCUT2D eigenvalue weighted by atomic mass is 79.9. The van der Waals surface area contributed by atoms with Crippen LogP contribution < -0.4 is 0 Å². The molecule has 0 N–H and O–H groups in total. The molecular formula is C10H7BrClNO. The number of carbonyl (C=O) groups excluding carboxylic acids is 1. The third kappa shape index (κ3) is 2.57. The van der Waals surface area contributed by atoms with Crippen molar-refractivity contribution in [3.8, 4) is 6.07 Å². The number of rotatable bonds is 3. The summed E-state index contributed by atoms with van der Waals surface area (Å²) in [6.07, 6.45) is 0.287. The van der Waals surface area contributed by atoms with Gasteiger partial charge in [-0.25, -0.2) is 0 Å². The Bertz CT molecular complexity index is 398. The highest BCUT2D eigenvalue weighted by Gasteiger charge is 2.09. The van der Waals surface area contributed by atoms with Crippen LogP contribution in [0, 0.1) is 11.3 Å². The number of alkyl halides is 1. The summed E-state index contributed by atoms with van der Waals surface area (Å²) in [6, 6.07) is 6.90. The van der Waals surface area contributed by atoms with E-state index in [9.17, 15) is 4.79 Å². The number of benzene rings is 1. The number of hydrogen-bond acceptors (Lipinski definition) is 2. The van der Waals surface area contributed by atoms with Gasteiger partial charge in [-0.1, -0.05) is 15.9 Å². The van der Waals surface area contributed by atoms with Crippen molar-refractivity contribution in [1.82, 2.24) is 0 Å². The molecule has 14 heavy (non-hydrogen) atoms. The van der Waals surface area contributed by atoms with Crippen molar-refractivity contribution in [2.75, 3.05) is 5.88 Å². The van der Waals surface area contributed by atoms with Gasteiger partial charge in [-0.05, 0) is 18.2 Å². The lowest BCUT2D eigenvalue weighted by Gasteiger charge is -2.02. The lowest BCUT2D eigenvalue weighted by Crippen LogP contribution is -2.01. The van der Waals surface area contributed by atoms with Crippen molar-refractivity contribution in [3.63, 3.8) is 0 Å². The fourth-order valence-electron chi connectivity index (χ4n) is 1.03. The highest BCUT2D eigenvalue weighted by Crippen LogP contribution is 2.19. The Balaban J connectivity index is 3.07. The summed E-state index contributed by atoms with van der Waals surface area (Å²) in [5, 5.41) is 8.66. The Hall–Kier alpha value is -0.850. The van der Waals surface area contributed by atoms with Crippen LogP contribution in [0.25, 0.3) is 0 Å². The second-order valence-electron chi connectivity index (χ2n) is 2.67. The molecule has 0 radical (unpaired) electrons. The lowest BCUT2D eigenvalue weighted by molar-refractivity contribution is 0.0988. The largest absolute Gasteiger partial charge is 0.294 e. The summed E-state index contributed by atoms with van der Waals surface area (Å²) in [7, 11) is 0. The molecule has 1 aromatic carbocycles. The first-order valence-electron chi connectivity index (χ1n) is 3.98. The summed E-state index contributed by atoms with van der Waals surface area (Å²) in [4.78, 5) is 11.5. The van der Waals surface area contributed by atoms with E-state index in [1.54, 1.807) is 18.2 Å². The van der Waals surface area contributed by atoms with Crippen LogP contribution >= 0.6 is 27.5 Å². The first-order valence-corrected chi connectivity index (χ1v) is 5.30. The van der Waals surface area contributed by atoms with Gasteiger partial charge in [-0.15, -0.1) is 11.6 Å². The molecule has 4 heteroatoms. The fourth-order valence-corrected chi connectivity index (χ4v) is 1.67. The van der Waals surface area contributed by atoms with Crippen LogP contribution in [-0.2, 0) is 0 Å².